The van der Waals surface area contributed by atoms with Crippen LogP contribution in [0.3, 0.4) is 0 Å². The maximum atomic E-state index is 12.5. The standard InChI is InChI=1S/C16H19F3N2O2/c1-10(2)9-20-13(22)15(7-8-15)14(23)21-12-5-3-11(4-6-12)16(17,18)19/h3-6,10H,7-9H2,1-2H3,(H,20,22)(H,21,23). The fraction of sp³-hybridized carbons (Fsp3) is 0.500. The van der Waals surface area contributed by atoms with E-state index in [1.54, 1.807) is 0 Å². The van der Waals surface area contributed by atoms with Gasteiger partial charge in [-0.1, -0.05) is 13.8 Å². The molecule has 0 spiro atoms. The van der Waals surface area contributed by atoms with Crippen LogP contribution in [-0.2, 0) is 15.8 Å². The third-order valence-electron chi connectivity index (χ3n) is 3.76. The van der Waals surface area contributed by atoms with Gasteiger partial charge in [0, 0.05) is 12.2 Å². The van der Waals surface area contributed by atoms with E-state index in [2.05, 4.69) is 10.6 Å². The van der Waals surface area contributed by atoms with Crippen molar-refractivity contribution in [3.8, 4) is 0 Å². The molecule has 1 aliphatic rings. The monoisotopic (exact) mass is 328 g/mol. The van der Waals surface area contributed by atoms with Crippen LogP contribution in [0.25, 0.3) is 0 Å². The number of hydrogen-bond acceptors (Lipinski definition) is 2. The maximum absolute atomic E-state index is 12.5. The highest BCUT2D eigenvalue weighted by Crippen LogP contribution is 2.47. The Morgan fingerprint density at radius 2 is 1.70 bits per heavy atom. The molecule has 1 aliphatic carbocycles. The summed E-state index contributed by atoms with van der Waals surface area (Å²) in [7, 11) is 0. The molecule has 1 aromatic rings. The summed E-state index contributed by atoms with van der Waals surface area (Å²) in [6.07, 6.45) is -3.52. The Hall–Kier alpha value is -2.05. The molecule has 1 aromatic carbocycles. The Kier molecular flexibility index (Phi) is 4.68. The second-order valence-electron chi connectivity index (χ2n) is 6.22. The Balaban J connectivity index is 2.00. The number of alkyl halides is 3. The smallest absolute Gasteiger partial charge is 0.355 e. The van der Waals surface area contributed by atoms with E-state index in [9.17, 15) is 22.8 Å². The molecule has 2 amide bonds. The SMILES string of the molecule is CC(C)CNC(=O)C1(C(=O)Nc2ccc(C(F)(F)F)cc2)CC1. The van der Waals surface area contributed by atoms with Gasteiger partial charge < -0.3 is 10.6 Å². The molecule has 23 heavy (non-hydrogen) atoms. The van der Waals surface area contributed by atoms with Gasteiger partial charge in [0.2, 0.25) is 11.8 Å². The summed E-state index contributed by atoms with van der Waals surface area (Å²) in [6, 6.07) is 4.16. The molecule has 0 radical (unpaired) electrons. The van der Waals surface area contributed by atoms with Crippen LogP contribution >= 0.6 is 0 Å². The van der Waals surface area contributed by atoms with Crippen molar-refractivity contribution in [3.05, 3.63) is 29.8 Å². The van der Waals surface area contributed by atoms with Crippen molar-refractivity contribution in [1.29, 1.82) is 0 Å². The number of carbonyl (C=O) groups is 2. The lowest BCUT2D eigenvalue weighted by Crippen LogP contribution is -2.41. The minimum Gasteiger partial charge on any atom is -0.355 e. The predicted octanol–water partition coefficient (Wildman–Crippen LogP) is 3.20. The van der Waals surface area contributed by atoms with E-state index in [-0.39, 0.29) is 17.5 Å². The van der Waals surface area contributed by atoms with Gasteiger partial charge in [-0.05, 0) is 43.0 Å². The molecule has 0 atom stereocenters. The average Bonchev–Trinajstić information content (AvgIpc) is 3.26. The van der Waals surface area contributed by atoms with Crippen molar-refractivity contribution >= 4 is 17.5 Å². The molecule has 0 saturated heterocycles. The molecule has 0 aromatic heterocycles. The number of amides is 2. The summed E-state index contributed by atoms with van der Waals surface area (Å²) in [5, 5.41) is 5.26. The van der Waals surface area contributed by atoms with Crippen LogP contribution in [0.1, 0.15) is 32.3 Å². The summed E-state index contributed by atoms with van der Waals surface area (Å²) in [5.74, 6) is -0.526. The number of halogens is 3. The van der Waals surface area contributed by atoms with Crippen molar-refractivity contribution in [2.24, 2.45) is 11.3 Å². The van der Waals surface area contributed by atoms with Gasteiger partial charge in [0.05, 0.1) is 5.56 Å². The quantitative estimate of drug-likeness (QED) is 0.816. The first-order valence-corrected chi connectivity index (χ1v) is 7.42. The maximum Gasteiger partial charge on any atom is 0.416 e. The molecule has 0 aliphatic heterocycles. The molecule has 2 N–H and O–H groups in total. The lowest BCUT2D eigenvalue weighted by molar-refractivity contribution is -0.137. The van der Waals surface area contributed by atoms with Crippen LogP contribution in [0, 0.1) is 11.3 Å². The van der Waals surface area contributed by atoms with E-state index in [0.717, 1.165) is 12.1 Å². The number of nitrogens with one attached hydrogen (secondary N) is 2. The fourth-order valence-electron chi connectivity index (χ4n) is 2.14. The summed E-state index contributed by atoms with van der Waals surface area (Å²) in [5.41, 5.74) is -1.63. The largest absolute Gasteiger partial charge is 0.416 e. The number of benzene rings is 1. The first kappa shape index (κ1) is 17.3. The van der Waals surface area contributed by atoms with E-state index in [1.807, 2.05) is 13.8 Å². The first-order chi connectivity index (χ1) is 10.6. The molecule has 2 rings (SSSR count). The van der Waals surface area contributed by atoms with Gasteiger partial charge in [-0.25, -0.2) is 0 Å². The Bertz CT molecular complexity index is 590. The van der Waals surface area contributed by atoms with Crippen LogP contribution in [0.15, 0.2) is 24.3 Å². The summed E-state index contributed by atoms with van der Waals surface area (Å²) in [6.45, 7) is 4.37. The van der Waals surface area contributed by atoms with Crippen LogP contribution in [0.5, 0.6) is 0 Å². The zero-order valence-corrected chi connectivity index (χ0v) is 13.0. The number of hydrogen-bond donors (Lipinski definition) is 2. The molecule has 1 saturated carbocycles. The number of anilines is 1. The zero-order chi connectivity index (χ0) is 17.3. The van der Waals surface area contributed by atoms with Crippen molar-refractivity contribution in [1.82, 2.24) is 5.32 Å². The van der Waals surface area contributed by atoms with E-state index < -0.39 is 23.1 Å². The summed E-state index contributed by atoms with van der Waals surface area (Å²) >= 11 is 0. The minimum absolute atomic E-state index is 0.242. The van der Waals surface area contributed by atoms with E-state index in [4.69, 9.17) is 0 Å². The van der Waals surface area contributed by atoms with E-state index in [0.29, 0.717) is 19.4 Å². The minimum atomic E-state index is -4.42. The number of rotatable bonds is 5. The van der Waals surface area contributed by atoms with Crippen molar-refractivity contribution in [3.63, 3.8) is 0 Å². The number of carbonyl (C=O) groups excluding carboxylic acids is 2. The molecular weight excluding hydrogens is 309 g/mol. The Morgan fingerprint density at radius 3 is 2.13 bits per heavy atom. The van der Waals surface area contributed by atoms with Crippen LogP contribution in [0.2, 0.25) is 0 Å². The highest BCUT2D eigenvalue weighted by atomic mass is 19.4. The highest BCUT2D eigenvalue weighted by Gasteiger charge is 2.56. The van der Waals surface area contributed by atoms with Gasteiger partial charge in [0.25, 0.3) is 0 Å². The molecule has 0 unspecified atom stereocenters. The van der Waals surface area contributed by atoms with Crippen LogP contribution in [0.4, 0.5) is 18.9 Å². The molecular formula is C16H19F3N2O2. The predicted molar refractivity (Wildman–Crippen MR) is 79.6 cm³/mol. The fourth-order valence-corrected chi connectivity index (χ4v) is 2.14. The topological polar surface area (TPSA) is 58.2 Å². The van der Waals surface area contributed by atoms with E-state index in [1.165, 1.54) is 12.1 Å². The lowest BCUT2D eigenvalue weighted by Gasteiger charge is -2.16. The van der Waals surface area contributed by atoms with Gasteiger partial charge >= 0.3 is 6.18 Å². The zero-order valence-electron chi connectivity index (χ0n) is 13.0. The first-order valence-electron chi connectivity index (χ1n) is 7.42. The van der Waals surface area contributed by atoms with Gasteiger partial charge in [-0.15, -0.1) is 0 Å². The Morgan fingerprint density at radius 1 is 1.13 bits per heavy atom. The van der Waals surface area contributed by atoms with Crippen molar-refractivity contribution in [2.75, 3.05) is 11.9 Å². The third kappa shape index (κ3) is 4.03. The second kappa shape index (κ2) is 6.22. The summed E-state index contributed by atoms with van der Waals surface area (Å²) < 4.78 is 37.5. The van der Waals surface area contributed by atoms with Gasteiger partial charge in [-0.2, -0.15) is 13.2 Å². The summed E-state index contributed by atoms with van der Waals surface area (Å²) in [4.78, 5) is 24.4. The molecule has 0 bridgehead atoms. The highest BCUT2D eigenvalue weighted by molar-refractivity contribution is 6.13. The van der Waals surface area contributed by atoms with Gasteiger partial charge in [0.15, 0.2) is 0 Å². The lowest BCUT2D eigenvalue weighted by atomic mass is 10.0. The third-order valence-corrected chi connectivity index (χ3v) is 3.76. The van der Waals surface area contributed by atoms with Crippen LogP contribution < -0.4 is 10.6 Å². The van der Waals surface area contributed by atoms with E-state index >= 15 is 0 Å². The second-order valence-corrected chi connectivity index (χ2v) is 6.22. The van der Waals surface area contributed by atoms with Crippen molar-refractivity contribution < 1.29 is 22.8 Å². The molecule has 0 heterocycles. The molecule has 1 fully saturated rings. The molecule has 4 nitrogen and oxygen atoms in total. The van der Waals surface area contributed by atoms with Crippen molar-refractivity contribution in [2.45, 2.75) is 32.9 Å². The average molecular weight is 328 g/mol. The Labute approximate surface area is 132 Å². The molecule has 7 heteroatoms. The van der Waals surface area contributed by atoms with Gasteiger partial charge in [0.1, 0.15) is 5.41 Å². The normalized spacial score (nSPS) is 16.1. The van der Waals surface area contributed by atoms with Gasteiger partial charge in [-0.3, -0.25) is 9.59 Å². The molecule has 126 valence electrons. The van der Waals surface area contributed by atoms with Crippen LogP contribution in [-0.4, -0.2) is 18.4 Å².